The summed E-state index contributed by atoms with van der Waals surface area (Å²) in [6.07, 6.45) is 5.04. The Kier molecular flexibility index (Phi) is 5.00. The fourth-order valence-corrected chi connectivity index (χ4v) is 2.95. The number of benzene rings is 1. The van der Waals surface area contributed by atoms with Gasteiger partial charge in [-0.15, -0.1) is 0 Å². The smallest absolute Gasteiger partial charge is 0.309 e. The van der Waals surface area contributed by atoms with Gasteiger partial charge in [-0.25, -0.2) is 0 Å². The van der Waals surface area contributed by atoms with Crippen LogP contribution in [0.4, 0.5) is 0 Å². The van der Waals surface area contributed by atoms with Gasteiger partial charge in [-0.3, -0.25) is 9.59 Å². The van der Waals surface area contributed by atoms with Crippen molar-refractivity contribution in [3.05, 3.63) is 24.3 Å². The number of carbonyl (C=O) groups is 2. The van der Waals surface area contributed by atoms with Gasteiger partial charge in [0.1, 0.15) is 12.7 Å². The predicted octanol–water partition coefficient (Wildman–Crippen LogP) is 1.39. The Balaban J connectivity index is 1.43. The van der Waals surface area contributed by atoms with Crippen molar-refractivity contribution in [3.8, 4) is 11.5 Å². The number of hydrogen-bond donors (Lipinski definition) is 2. The summed E-state index contributed by atoms with van der Waals surface area (Å²) < 4.78 is 11.3. The van der Waals surface area contributed by atoms with E-state index in [2.05, 4.69) is 10.6 Å². The number of ether oxygens (including phenoxy) is 2. The first-order valence-electron chi connectivity index (χ1n) is 8.19. The molecular weight excluding hydrogens is 296 g/mol. The summed E-state index contributed by atoms with van der Waals surface area (Å²) in [5.74, 6) is 0.182. The van der Waals surface area contributed by atoms with Crippen LogP contribution in [0, 0.1) is 0 Å². The number of para-hydroxylation sites is 2. The first-order chi connectivity index (χ1) is 11.2. The van der Waals surface area contributed by atoms with Crippen molar-refractivity contribution >= 4 is 11.8 Å². The maximum absolute atomic E-state index is 11.9. The third-order valence-corrected chi connectivity index (χ3v) is 4.20. The third-order valence-electron chi connectivity index (χ3n) is 4.20. The molecule has 0 radical (unpaired) electrons. The van der Waals surface area contributed by atoms with E-state index in [0.29, 0.717) is 18.1 Å². The van der Waals surface area contributed by atoms with Crippen LogP contribution in [0.1, 0.15) is 32.1 Å². The minimum Gasteiger partial charge on any atom is -0.486 e. The SMILES string of the molecule is O=C(NC[C@@H]1COc2ccccc2O1)C(=O)NC1CCCCC1. The normalized spacial score (nSPS) is 20.6. The van der Waals surface area contributed by atoms with Crippen molar-refractivity contribution in [3.63, 3.8) is 0 Å². The zero-order chi connectivity index (χ0) is 16.1. The van der Waals surface area contributed by atoms with Gasteiger partial charge >= 0.3 is 11.8 Å². The predicted molar refractivity (Wildman–Crippen MR) is 84.4 cm³/mol. The van der Waals surface area contributed by atoms with Crippen LogP contribution in [-0.4, -0.2) is 37.1 Å². The second kappa shape index (κ2) is 7.35. The van der Waals surface area contributed by atoms with Crippen molar-refractivity contribution < 1.29 is 19.1 Å². The lowest BCUT2D eigenvalue weighted by molar-refractivity contribution is -0.140. The fourth-order valence-electron chi connectivity index (χ4n) is 2.95. The Labute approximate surface area is 135 Å². The molecule has 1 fully saturated rings. The van der Waals surface area contributed by atoms with E-state index >= 15 is 0 Å². The Morgan fingerprint density at radius 1 is 1.04 bits per heavy atom. The van der Waals surface area contributed by atoms with Crippen molar-refractivity contribution in [1.82, 2.24) is 10.6 Å². The standard InChI is InChI=1S/C17H22N2O4/c20-16(17(21)19-12-6-2-1-3-7-12)18-10-13-11-22-14-8-4-5-9-15(14)23-13/h4-5,8-9,12-13H,1-3,6-7,10-11H2,(H,18,20)(H,19,21)/t13-/m1/s1. The molecule has 2 N–H and O–H groups in total. The molecule has 1 aliphatic carbocycles. The molecule has 1 aromatic rings. The van der Waals surface area contributed by atoms with Crippen molar-refractivity contribution in [2.24, 2.45) is 0 Å². The molecule has 0 unspecified atom stereocenters. The molecule has 6 nitrogen and oxygen atoms in total. The molecule has 3 rings (SSSR count). The molecule has 0 bridgehead atoms. The summed E-state index contributed by atoms with van der Waals surface area (Å²) in [6, 6.07) is 7.52. The van der Waals surface area contributed by atoms with Gasteiger partial charge in [0.15, 0.2) is 11.5 Å². The Morgan fingerprint density at radius 2 is 1.78 bits per heavy atom. The van der Waals surface area contributed by atoms with Crippen LogP contribution in [-0.2, 0) is 9.59 Å². The molecule has 0 saturated heterocycles. The minimum absolute atomic E-state index is 0.128. The van der Waals surface area contributed by atoms with E-state index in [0.717, 1.165) is 25.7 Å². The highest BCUT2D eigenvalue weighted by Gasteiger charge is 2.24. The molecule has 1 heterocycles. The van der Waals surface area contributed by atoms with Crippen LogP contribution >= 0.6 is 0 Å². The average molecular weight is 318 g/mol. The molecule has 2 aliphatic rings. The maximum atomic E-state index is 11.9. The van der Waals surface area contributed by atoms with Crippen LogP contribution in [0.5, 0.6) is 11.5 Å². The van der Waals surface area contributed by atoms with E-state index < -0.39 is 11.8 Å². The van der Waals surface area contributed by atoms with Crippen molar-refractivity contribution in [2.45, 2.75) is 44.2 Å². The Hall–Kier alpha value is -2.24. The molecule has 6 heteroatoms. The van der Waals surface area contributed by atoms with Crippen molar-refractivity contribution in [1.29, 1.82) is 0 Å². The number of nitrogens with one attached hydrogen (secondary N) is 2. The van der Waals surface area contributed by atoms with E-state index in [1.165, 1.54) is 6.42 Å². The molecular formula is C17H22N2O4. The van der Waals surface area contributed by atoms with Crippen LogP contribution in [0.3, 0.4) is 0 Å². The van der Waals surface area contributed by atoms with E-state index in [-0.39, 0.29) is 18.7 Å². The molecule has 124 valence electrons. The average Bonchev–Trinajstić information content (AvgIpc) is 2.60. The molecule has 0 spiro atoms. The van der Waals surface area contributed by atoms with Crippen LogP contribution in [0.2, 0.25) is 0 Å². The minimum atomic E-state index is -0.613. The zero-order valence-corrected chi connectivity index (χ0v) is 13.0. The summed E-state index contributed by atoms with van der Waals surface area (Å²) in [5.41, 5.74) is 0. The van der Waals surface area contributed by atoms with Gasteiger partial charge in [-0.2, -0.15) is 0 Å². The van der Waals surface area contributed by atoms with Gasteiger partial charge in [-0.1, -0.05) is 31.4 Å². The van der Waals surface area contributed by atoms with Crippen LogP contribution < -0.4 is 20.1 Å². The molecule has 1 saturated carbocycles. The van der Waals surface area contributed by atoms with Gasteiger partial charge in [-0.05, 0) is 25.0 Å². The second-order valence-electron chi connectivity index (χ2n) is 6.02. The number of hydrogen-bond acceptors (Lipinski definition) is 4. The fraction of sp³-hybridized carbons (Fsp3) is 0.529. The molecule has 1 aromatic carbocycles. The number of fused-ring (bicyclic) bond motifs is 1. The lowest BCUT2D eigenvalue weighted by atomic mass is 9.95. The summed E-state index contributed by atoms with van der Waals surface area (Å²) in [6.45, 7) is 0.590. The summed E-state index contributed by atoms with van der Waals surface area (Å²) in [4.78, 5) is 23.8. The van der Waals surface area contributed by atoms with Gasteiger partial charge in [0.05, 0.1) is 6.54 Å². The largest absolute Gasteiger partial charge is 0.486 e. The topological polar surface area (TPSA) is 76.7 Å². The second-order valence-corrected chi connectivity index (χ2v) is 6.02. The highest BCUT2D eigenvalue weighted by molar-refractivity contribution is 6.35. The summed E-state index contributed by atoms with van der Waals surface area (Å²) in [5, 5.41) is 5.42. The Bertz CT molecular complexity index is 569. The number of rotatable bonds is 3. The van der Waals surface area contributed by atoms with Gasteiger partial charge < -0.3 is 20.1 Å². The third kappa shape index (κ3) is 4.15. The van der Waals surface area contributed by atoms with E-state index in [4.69, 9.17) is 9.47 Å². The zero-order valence-electron chi connectivity index (χ0n) is 13.0. The lowest BCUT2D eigenvalue weighted by Crippen LogP contribution is -2.48. The first-order valence-corrected chi connectivity index (χ1v) is 8.19. The monoisotopic (exact) mass is 318 g/mol. The lowest BCUT2D eigenvalue weighted by Gasteiger charge is -2.26. The van der Waals surface area contributed by atoms with Gasteiger partial charge in [0.2, 0.25) is 0 Å². The van der Waals surface area contributed by atoms with Crippen LogP contribution in [0.15, 0.2) is 24.3 Å². The molecule has 1 atom stereocenters. The number of carbonyl (C=O) groups excluding carboxylic acids is 2. The van der Waals surface area contributed by atoms with E-state index in [1.54, 1.807) is 0 Å². The van der Waals surface area contributed by atoms with Crippen molar-refractivity contribution in [2.75, 3.05) is 13.2 Å². The molecule has 23 heavy (non-hydrogen) atoms. The van der Waals surface area contributed by atoms with E-state index in [9.17, 15) is 9.59 Å². The van der Waals surface area contributed by atoms with Crippen LogP contribution in [0.25, 0.3) is 0 Å². The maximum Gasteiger partial charge on any atom is 0.309 e. The highest BCUT2D eigenvalue weighted by atomic mass is 16.6. The Morgan fingerprint density at radius 3 is 2.57 bits per heavy atom. The molecule has 2 amide bonds. The molecule has 0 aromatic heterocycles. The molecule has 1 aliphatic heterocycles. The van der Waals surface area contributed by atoms with E-state index in [1.807, 2.05) is 24.3 Å². The quantitative estimate of drug-likeness (QED) is 0.826. The summed E-state index contributed by atoms with van der Waals surface area (Å²) in [7, 11) is 0. The highest BCUT2D eigenvalue weighted by Crippen LogP contribution is 2.30. The number of amides is 2. The van der Waals surface area contributed by atoms with Gasteiger partial charge in [0.25, 0.3) is 0 Å². The van der Waals surface area contributed by atoms with Gasteiger partial charge in [0, 0.05) is 6.04 Å². The first kappa shape index (κ1) is 15.6. The summed E-state index contributed by atoms with van der Waals surface area (Å²) >= 11 is 0.